The molecular weight excluding hydrogens is 1320 g/mol. The Morgan fingerprint density at radius 2 is 0.760 bits per heavy atom. The van der Waals surface area contributed by atoms with Crippen LogP contribution in [0.1, 0.15) is 33.3 Å². The fourth-order valence-electron chi connectivity index (χ4n) is 11.8. The van der Waals surface area contributed by atoms with Gasteiger partial charge in [-0.05, 0) is 106 Å². The van der Waals surface area contributed by atoms with Gasteiger partial charge in [0.25, 0.3) is 17.1 Å². The molecule has 0 spiro atoms. The summed E-state index contributed by atoms with van der Waals surface area (Å²) in [5.41, 5.74) is 14.0. The summed E-state index contributed by atoms with van der Waals surface area (Å²) in [5.74, 6) is 3.48. The Labute approximate surface area is 599 Å². The van der Waals surface area contributed by atoms with E-state index in [2.05, 4.69) is 117 Å². The van der Waals surface area contributed by atoms with E-state index in [0.29, 0.717) is 70.8 Å². The molecule has 0 saturated carbocycles. The van der Waals surface area contributed by atoms with Crippen LogP contribution in [0.5, 0.6) is 34.5 Å². The molecule has 534 valence electrons. The van der Waals surface area contributed by atoms with Crippen LogP contribution in [0.3, 0.4) is 0 Å². The predicted octanol–water partition coefficient (Wildman–Crippen LogP) is 14.8. The number of rotatable bonds is 16. The summed E-state index contributed by atoms with van der Waals surface area (Å²) in [5, 5.41) is 50.2. The molecule has 26 nitrogen and oxygen atoms in total. The molecule has 2 aliphatic rings. The number of hydrogen-bond donors (Lipinski definition) is 3. The molecule has 2 saturated heterocycles. The van der Waals surface area contributed by atoms with Crippen molar-refractivity contribution in [1.82, 2.24) is 40.1 Å². The highest BCUT2D eigenvalue weighted by Gasteiger charge is 2.22. The van der Waals surface area contributed by atoms with Crippen molar-refractivity contribution in [2.45, 2.75) is 34.2 Å². The molecule has 104 heavy (non-hydrogen) atoms. The predicted molar refractivity (Wildman–Crippen MR) is 407 cm³/mol. The second-order valence-electron chi connectivity index (χ2n) is 23.4. The van der Waals surface area contributed by atoms with Gasteiger partial charge in [-0.2, -0.15) is 0 Å². The van der Waals surface area contributed by atoms with Crippen LogP contribution in [0.15, 0.2) is 213 Å². The van der Waals surface area contributed by atoms with Crippen LogP contribution in [0.2, 0.25) is 0 Å². The number of nitro benzene ring substituents is 3. The maximum absolute atomic E-state index is 10.9. The maximum atomic E-state index is 10.9. The van der Waals surface area contributed by atoms with Crippen LogP contribution >= 0.6 is 0 Å². The highest BCUT2D eigenvalue weighted by molar-refractivity contribution is 5.95. The summed E-state index contributed by atoms with van der Waals surface area (Å²) in [6, 6.07) is 54.0. The van der Waals surface area contributed by atoms with Crippen molar-refractivity contribution in [3.63, 3.8) is 0 Å². The molecule has 0 atom stereocenters. The zero-order chi connectivity index (χ0) is 73.3. The molecule has 0 amide bonds. The molecule has 15 rings (SSSR count). The van der Waals surface area contributed by atoms with Crippen LogP contribution < -0.4 is 44.5 Å². The lowest BCUT2D eigenvalue weighted by Crippen LogP contribution is -2.46. The highest BCUT2D eigenvalue weighted by atomic mass is 16.6. The Morgan fingerprint density at radius 1 is 0.413 bits per heavy atom. The monoisotopic (exact) mass is 1400 g/mol. The van der Waals surface area contributed by atoms with Crippen molar-refractivity contribution in [3.05, 3.63) is 249 Å². The van der Waals surface area contributed by atoms with Crippen molar-refractivity contribution in [2.24, 2.45) is 0 Å². The maximum Gasteiger partial charge on any atom is 0.299 e. The Kier molecular flexibility index (Phi) is 26.0. The van der Waals surface area contributed by atoms with Gasteiger partial charge in [0, 0.05) is 147 Å². The number of benzene rings is 7. The largest absolute Gasteiger partial charge is 0.508 e. The first-order chi connectivity index (χ1) is 50.6. The molecule has 7 aromatic carbocycles. The van der Waals surface area contributed by atoms with E-state index in [1.165, 1.54) is 60.8 Å². The van der Waals surface area contributed by atoms with Crippen molar-refractivity contribution >= 4 is 99.5 Å². The van der Waals surface area contributed by atoms with Crippen LogP contribution in [-0.4, -0.2) is 141 Å². The molecule has 6 aromatic heterocycles. The summed E-state index contributed by atoms with van der Waals surface area (Å²) in [7, 11) is 1.47. The third-order valence-electron chi connectivity index (χ3n) is 16.5. The second-order valence-corrected chi connectivity index (χ2v) is 23.4. The van der Waals surface area contributed by atoms with Gasteiger partial charge in [0.1, 0.15) is 51.0 Å². The molecule has 2 fully saturated rings. The van der Waals surface area contributed by atoms with Gasteiger partial charge in [-0.3, -0.25) is 50.2 Å². The van der Waals surface area contributed by atoms with E-state index in [-0.39, 0.29) is 28.3 Å². The number of hydrogen-bond acceptors (Lipinski definition) is 23. The molecular formula is C78H80N14O12. The smallest absolute Gasteiger partial charge is 0.299 e. The number of phenols is 1. The number of non-ortho nitro benzene ring substituents is 3. The van der Waals surface area contributed by atoms with Crippen LogP contribution in [0.25, 0.3) is 65.4 Å². The quantitative estimate of drug-likeness (QED) is 0.0460. The zero-order valence-electron chi connectivity index (χ0n) is 58.3. The summed E-state index contributed by atoms with van der Waals surface area (Å²) >= 11 is 0. The highest BCUT2D eigenvalue weighted by Crippen LogP contribution is 2.35. The minimum absolute atomic E-state index is 0.0263. The number of phenolic OH excluding ortho intramolecular Hbond substituents is 1. The Bertz CT molecular complexity index is 5070. The summed E-state index contributed by atoms with van der Waals surface area (Å²) in [4.78, 5) is 63.4. The zero-order valence-corrected chi connectivity index (χ0v) is 58.3. The van der Waals surface area contributed by atoms with E-state index in [9.17, 15) is 35.4 Å². The molecule has 2 aliphatic heterocycles. The molecule has 4 N–H and O–H groups in total. The van der Waals surface area contributed by atoms with Crippen molar-refractivity contribution in [2.75, 3.05) is 101 Å². The topological polar surface area (TPSA) is 321 Å². The van der Waals surface area contributed by atoms with E-state index in [0.717, 1.165) is 115 Å². The van der Waals surface area contributed by atoms with Crippen molar-refractivity contribution in [1.29, 1.82) is 0 Å². The summed E-state index contributed by atoms with van der Waals surface area (Å²) in [6.45, 7) is 19.5. The third-order valence-corrected chi connectivity index (χ3v) is 16.5. The minimum atomic E-state index is -0.560. The van der Waals surface area contributed by atoms with Gasteiger partial charge in [0.15, 0.2) is 0 Å². The molecule has 0 bridgehead atoms. The van der Waals surface area contributed by atoms with E-state index >= 15 is 0 Å². The minimum Gasteiger partial charge on any atom is -0.508 e. The second kappa shape index (κ2) is 36.6. The normalized spacial score (nSPS) is 12.5. The van der Waals surface area contributed by atoms with Gasteiger partial charge >= 0.3 is 0 Å². The van der Waals surface area contributed by atoms with Gasteiger partial charge in [0.05, 0.1) is 100 Å². The first-order valence-electron chi connectivity index (χ1n) is 33.9. The molecule has 0 unspecified atom stereocenters. The number of nitrogen functional groups attached to an aromatic ring is 1. The van der Waals surface area contributed by atoms with E-state index in [1.54, 1.807) is 60.8 Å². The number of nitrogens with zero attached hydrogens (tertiary/aromatic N) is 12. The Morgan fingerprint density at radius 3 is 1.18 bits per heavy atom. The van der Waals surface area contributed by atoms with Crippen LogP contribution in [0, 0.1) is 30.3 Å². The number of fused-ring (bicyclic) bond motifs is 6. The lowest BCUT2D eigenvalue weighted by Gasteiger charge is -2.36. The Hall–Kier alpha value is -12.7. The number of anilines is 3. The van der Waals surface area contributed by atoms with Gasteiger partial charge in [0.2, 0.25) is 0 Å². The third kappa shape index (κ3) is 19.4. The molecule has 26 heteroatoms. The van der Waals surface area contributed by atoms with E-state index in [1.807, 2.05) is 70.4 Å². The van der Waals surface area contributed by atoms with Crippen LogP contribution in [0.4, 0.5) is 34.1 Å². The van der Waals surface area contributed by atoms with Crippen LogP contribution in [-0.2, 0) is 6.54 Å². The Balaban J connectivity index is 0.000000136. The number of piperazine rings is 2. The first-order valence-corrected chi connectivity index (χ1v) is 33.9. The average Bonchev–Trinajstić information content (AvgIpc) is 0.755. The summed E-state index contributed by atoms with van der Waals surface area (Å²) < 4.78 is 27.1. The molecule has 0 radical (unpaired) electrons. The van der Waals surface area contributed by atoms with Gasteiger partial charge in [-0.1, -0.05) is 66.7 Å². The van der Waals surface area contributed by atoms with Crippen molar-refractivity contribution < 1.29 is 43.6 Å². The fraction of sp³-hybridized carbons (Fsp3) is 0.231. The fourth-order valence-corrected chi connectivity index (χ4v) is 11.8. The summed E-state index contributed by atoms with van der Waals surface area (Å²) in [6.07, 6.45) is 10.0. The standard InChI is InChI=1S/C22H25N3O.C15H19N3O.C11H10N2O3.C11H12N2O.C10H8N2O3.C9H6N2O3/c1-2-26-20-15-19-9-6-10-23-22(19)21(16-20)25-13-11-24(12-14-25)17-18-7-4-3-5-8-18;1-2-19-13-10-12-4-3-5-17-15(12)14(11-13)18-8-6-16-7-9-18;1-2-16-9-6-8-4-3-5-12-11(8)10(7-9)13(14)15;1-2-14-9-6-8-4-3-5-13-11(8)10(12)7-9;1-15-8-5-7-3-2-4-11-10(7)9(6-8)12(13)14;12-7-4-6-2-1-3-10-9(6)8(5-7)11(13)14/h3-10,15-16H,2,11-14,17H2,1H3;3-5,10-11,16H,2,6-9H2,1H3;3-7H,2H2,1H3;3-7H,2,12H2,1H3;2-6H,1H3;1-5,12H. The average molecular weight is 1410 g/mol. The number of nitrogens with one attached hydrogen (secondary N) is 1. The lowest BCUT2D eigenvalue weighted by molar-refractivity contribution is -0.383. The number of pyridine rings is 6. The number of aromatic nitrogens is 6. The first kappa shape index (κ1) is 74.0. The number of nitrogens with two attached hydrogens (primary N) is 1. The number of nitro groups is 3. The van der Waals surface area contributed by atoms with E-state index in [4.69, 9.17) is 29.4 Å². The SMILES string of the molecule is CCOc1cc(N)c2ncccc2c1.CCOc1cc(N2CCN(Cc3ccccc3)CC2)c2ncccc2c1.CCOc1cc(N2CCNCC2)c2ncccc2c1.CCOc1cc([N+](=O)[O-])c2ncccc2c1.COc1cc([N+](=O)[O-])c2ncccc2c1.O=[N+]([O-])c1cc(O)cc2cccnc12. The van der Waals surface area contributed by atoms with Crippen molar-refractivity contribution in [3.8, 4) is 34.5 Å². The molecule has 8 heterocycles. The number of aromatic hydroxyl groups is 1. The van der Waals surface area contributed by atoms with Gasteiger partial charge < -0.3 is 49.6 Å². The number of methoxy groups -OCH3 is 1. The molecule has 13 aromatic rings. The molecule has 0 aliphatic carbocycles. The number of ether oxygens (including phenoxy) is 5. The van der Waals surface area contributed by atoms with E-state index < -0.39 is 14.8 Å². The van der Waals surface area contributed by atoms with Gasteiger partial charge in [-0.25, -0.2) is 15.0 Å². The van der Waals surface area contributed by atoms with Gasteiger partial charge in [-0.15, -0.1) is 0 Å². The lowest BCUT2D eigenvalue weighted by atomic mass is 10.1.